The Morgan fingerprint density at radius 1 is 1.40 bits per heavy atom. The molecule has 0 saturated carbocycles. The van der Waals surface area contributed by atoms with Gasteiger partial charge in [-0.25, -0.2) is 0 Å². The maximum atomic E-state index is 10.8. The van der Waals surface area contributed by atoms with Gasteiger partial charge in [-0.15, -0.1) is 0 Å². The van der Waals surface area contributed by atoms with E-state index >= 15 is 0 Å². The number of nitro groups is 1. The molecule has 1 aromatic carbocycles. The van der Waals surface area contributed by atoms with Gasteiger partial charge in [0.2, 0.25) is 0 Å². The molecule has 0 bridgehead atoms. The van der Waals surface area contributed by atoms with Gasteiger partial charge in [-0.05, 0) is 37.7 Å². The predicted molar refractivity (Wildman–Crippen MR) is 88.2 cm³/mol. The van der Waals surface area contributed by atoms with Crippen molar-refractivity contribution in [2.45, 2.75) is 38.4 Å². The number of hydrogen-bond acceptors (Lipinski definition) is 4. The third kappa shape index (κ3) is 3.79. The second kappa shape index (κ2) is 7.18. The first-order valence-electron chi connectivity index (χ1n) is 6.62. The third-order valence-corrected chi connectivity index (χ3v) is 5.70. The van der Waals surface area contributed by atoms with Gasteiger partial charge in [-0.2, -0.15) is 11.8 Å². The van der Waals surface area contributed by atoms with Crippen LogP contribution < -0.4 is 5.32 Å². The number of thioether (sulfide) groups is 1. The van der Waals surface area contributed by atoms with Gasteiger partial charge in [0.05, 0.1) is 4.92 Å². The van der Waals surface area contributed by atoms with Crippen molar-refractivity contribution in [2.75, 3.05) is 18.1 Å². The molecular weight excluding hydrogens is 296 g/mol. The number of rotatable bonds is 7. The smallest absolute Gasteiger partial charge is 0.288 e. The Morgan fingerprint density at radius 3 is 2.45 bits per heavy atom. The van der Waals surface area contributed by atoms with Gasteiger partial charge in [-0.3, -0.25) is 10.1 Å². The Kier molecular flexibility index (Phi) is 6.14. The molecule has 1 aromatic rings. The number of halogens is 1. The van der Waals surface area contributed by atoms with Crippen LogP contribution >= 0.6 is 23.4 Å². The summed E-state index contributed by atoms with van der Waals surface area (Å²) in [5.74, 6) is 0. The Bertz CT molecular complexity index is 482. The van der Waals surface area contributed by atoms with Crippen molar-refractivity contribution in [2.24, 2.45) is 0 Å². The minimum absolute atomic E-state index is 0.0446. The number of aryl methyl sites for hydroxylation is 1. The highest BCUT2D eigenvalue weighted by molar-refractivity contribution is 8.00. The zero-order valence-electron chi connectivity index (χ0n) is 12.3. The summed E-state index contributed by atoms with van der Waals surface area (Å²) < 4.78 is 0.181. The maximum Gasteiger partial charge on any atom is 0.288 e. The lowest BCUT2D eigenvalue weighted by atomic mass is 10.0. The Morgan fingerprint density at radius 2 is 2.00 bits per heavy atom. The van der Waals surface area contributed by atoms with Gasteiger partial charge in [0.1, 0.15) is 5.02 Å². The fraction of sp³-hybridized carbons (Fsp3) is 0.571. The summed E-state index contributed by atoms with van der Waals surface area (Å²) in [6, 6.07) is 3.16. The molecule has 0 spiro atoms. The monoisotopic (exact) mass is 316 g/mol. The molecule has 0 radical (unpaired) electrons. The number of hydrogen-bond donors (Lipinski definition) is 1. The lowest BCUT2D eigenvalue weighted by Gasteiger charge is -2.30. The van der Waals surface area contributed by atoms with E-state index in [1.165, 1.54) is 6.07 Å². The van der Waals surface area contributed by atoms with E-state index in [0.29, 0.717) is 0 Å². The lowest BCUT2D eigenvalue weighted by Crippen LogP contribution is -2.32. The minimum Gasteiger partial charge on any atom is -0.383 e. The molecule has 20 heavy (non-hydrogen) atoms. The fourth-order valence-electron chi connectivity index (χ4n) is 2.11. The average molecular weight is 317 g/mol. The van der Waals surface area contributed by atoms with Crippen molar-refractivity contribution in [1.82, 2.24) is 0 Å². The Balaban J connectivity index is 2.94. The van der Waals surface area contributed by atoms with Crippen molar-refractivity contribution < 1.29 is 4.92 Å². The van der Waals surface area contributed by atoms with E-state index in [-0.39, 0.29) is 15.5 Å². The van der Waals surface area contributed by atoms with Crippen LogP contribution in [-0.2, 0) is 0 Å². The van der Waals surface area contributed by atoms with E-state index in [9.17, 15) is 10.1 Å². The van der Waals surface area contributed by atoms with Crippen LogP contribution in [0.15, 0.2) is 12.1 Å². The molecule has 0 unspecified atom stereocenters. The van der Waals surface area contributed by atoms with Crippen LogP contribution in [0.4, 0.5) is 11.4 Å². The van der Waals surface area contributed by atoms with Crippen molar-refractivity contribution in [3.8, 4) is 0 Å². The van der Waals surface area contributed by atoms with Gasteiger partial charge in [0.15, 0.2) is 0 Å². The highest BCUT2D eigenvalue weighted by atomic mass is 35.5. The van der Waals surface area contributed by atoms with Crippen molar-refractivity contribution in [3.63, 3.8) is 0 Å². The molecule has 0 atom stereocenters. The molecule has 0 saturated heterocycles. The van der Waals surface area contributed by atoms with Crippen LogP contribution in [0.1, 0.15) is 32.3 Å². The molecule has 1 rings (SSSR count). The SMILES string of the molecule is CCC(CC)(CNc1cc(Cl)c([N+](=O)[O-])cc1C)SC. The van der Waals surface area contributed by atoms with E-state index in [4.69, 9.17) is 11.6 Å². The highest BCUT2D eigenvalue weighted by Crippen LogP contribution is 2.34. The normalized spacial score (nSPS) is 11.4. The second-order valence-corrected chi connectivity index (χ2v) is 6.50. The first-order chi connectivity index (χ1) is 9.39. The number of nitro benzene ring substituents is 1. The minimum atomic E-state index is -0.455. The van der Waals surface area contributed by atoms with Crippen molar-refractivity contribution in [1.29, 1.82) is 0 Å². The largest absolute Gasteiger partial charge is 0.383 e. The molecule has 0 aliphatic rings. The molecule has 0 aliphatic carbocycles. The van der Waals surface area contributed by atoms with Crippen LogP contribution in [0.2, 0.25) is 5.02 Å². The quantitative estimate of drug-likeness (QED) is 0.574. The number of benzene rings is 1. The molecule has 112 valence electrons. The Hall–Kier alpha value is -0.940. The first kappa shape index (κ1) is 17.1. The van der Waals surface area contributed by atoms with Gasteiger partial charge in [0, 0.05) is 23.0 Å². The predicted octanol–water partition coefficient (Wildman–Crippen LogP) is 4.89. The van der Waals surface area contributed by atoms with Gasteiger partial charge >= 0.3 is 0 Å². The van der Waals surface area contributed by atoms with Crippen molar-refractivity contribution in [3.05, 3.63) is 32.8 Å². The number of nitrogens with zero attached hydrogens (tertiary/aromatic N) is 1. The van der Waals surface area contributed by atoms with Gasteiger partial charge < -0.3 is 5.32 Å². The molecule has 0 fully saturated rings. The summed E-state index contributed by atoms with van der Waals surface area (Å²) in [4.78, 5) is 10.4. The van der Waals surface area contributed by atoms with Gasteiger partial charge in [0.25, 0.3) is 5.69 Å². The molecule has 0 aliphatic heterocycles. The molecule has 6 heteroatoms. The molecule has 0 heterocycles. The molecule has 4 nitrogen and oxygen atoms in total. The highest BCUT2D eigenvalue weighted by Gasteiger charge is 2.25. The summed E-state index contributed by atoms with van der Waals surface area (Å²) in [7, 11) is 0. The van der Waals surface area contributed by atoms with Crippen LogP contribution in [0.5, 0.6) is 0 Å². The van der Waals surface area contributed by atoms with E-state index in [1.54, 1.807) is 6.07 Å². The average Bonchev–Trinajstić information content (AvgIpc) is 2.43. The number of anilines is 1. The third-order valence-electron chi connectivity index (χ3n) is 3.81. The lowest BCUT2D eigenvalue weighted by molar-refractivity contribution is -0.384. The van der Waals surface area contributed by atoms with Crippen LogP contribution in [-0.4, -0.2) is 22.5 Å². The summed E-state index contributed by atoms with van der Waals surface area (Å²) >= 11 is 7.81. The van der Waals surface area contributed by atoms with Crippen LogP contribution in [0.3, 0.4) is 0 Å². The zero-order valence-corrected chi connectivity index (χ0v) is 13.9. The second-order valence-electron chi connectivity index (χ2n) is 4.82. The fourth-order valence-corrected chi connectivity index (χ4v) is 3.14. The zero-order chi connectivity index (χ0) is 15.3. The molecule has 1 N–H and O–H groups in total. The topological polar surface area (TPSA) is 55.2 Å². The molecule has 0 aromatic heterocycles. The first-order valence-corrected chi connectivity index (χ1v) is 8.23. The van der Waals surface area contributed by atoms with Crippen LogP contribution in [0, 0.1) is 17.0 Å². The van der Waals surface area contributed by atoms with E-state index < -0.39 is 4.92 Å². The van der Waals surface area contributed by atoms with Crippen LogP contribution in [0.25, 0.3) is 0 Å². The van der Waals surface area contributed by atoms with E-state index in [1.807, 2.05) is 18.7 Å². The van der Waals surface area contributed by atoms with Crippen molar-refractivity contribution >= 4 is 34.7 Å². The van der Waals surface area contributed by atoms with E-state index in [2.05, 4.69) is 25.4 Å². The summed E-state index contributed by atoms with van der Waals surface area (Å²) in [5, 5.41) is 14.4. The summed E-state index contributed by atoms with van der Waals surface area (Å²) in [6.45, 7) is 7.02. The maximum absolute atomic E-state index is 10.8. The van der Waals surface area contributed by atoms with Gasteiger partial charge in [-0.1, -0.05) is 25.4 Å². The summed E-state index contributed by atoms with van der Waals surface area (Å²) in [6.07, 6.45) is 4.25. The number of nitrogens with one attached hydrogen (secondary N) is 1. The standard InChI is InChI=1S/C14H21ClN2O2S/c1-5-14(6-2,20-4)9-16-12-8-11(15)13(17(18)19)7-10(12)3/h7-8,16H,5-6,9H2,1-4H3. The molecule has 0 amide bonds. The molecular formula is C14H21ClN2O2S. The van der Waals surface area contributed by atoms with E-state index in [0.717, 1.165) is 30.6 Å². The summed E-state index contributed by atoms with van der Waals surface area (Å²) in [5.41, 5.74) is 1.65. The Labute approximate surface area is 129 Å².